The number of aromatic hydroxyl groups is 1. The number of benzene rings is 2. The molecule has 4 rings (SSSR count). The van der Waals surface area contributed by atoms with Gasteiger partial charge in [-0.2, -0.15) is 5.10 Å². The summed E-state index contributed by atoms with van der Waals surface area (Å²) in [6.07, 6.45) is 3.86. The summed E-state index contributed by atoms with van der Waals surface area (Å²) < 4.78 is 13.6. The van der Waals surface area contributed by atoms with Gasteiger partial charge in [0.1, 0.15) is 11.6 Å². The molecule has 0 aliphatic carbocycles. The highest BCUT2D eigenvalue weighted by Gasteiger charge is 2.25. The average molecular weight is 386 g/mol. The van der Waals surface area contributed by atoms with E-state index in [-0.39, 0.29) is 17.5 Å². The van der Waals surface area contributed by atoms with E-state index in [9.17, 15) is 9.50 Å². The molecule has 0 saturated carbocycles. The molecule has 0 spiro atoms. The van der Waals surface area contributed by atoms with Crippen LogP contribution < -0.4 is 0 Å². The summed E-state index contributed by atoms with van der Waals surface area (Å²) in [4.78, 5) is 2.32. The molecule has 1 atom stereocenters. The van der Waals surface area contributed by atoms with Crippen molar-refractivity contribution >= 4 is 11.6 Å². The minimum Gasteiger partial charge on any atom is -0.508 e. The van der Waals surface area contributed by atoms with Crippen LogP contribution in [0.15, 0.2) is 48.7 Å². The highest BCUT2D eigenvalue weighted by atomic mass is 35.5. The minimum absolute atomic E-state index is 0.249. The van der Waals surface area contributed by atoms with Crippen LogP contribution in [0.2, 0.25) is 5.02 Å². The van der Waals surface area contributed by atoms with Gasteiger partial charge in [-0.1, -0.05) is 23.7 Å². The first-order chi connectivity index (χ1) is 13.1. The molecular formula is C21H21ClFN3O. The Morgan fingerprint density at radius 3 is 3.00 bits per heavy atom. The molecule has 3 aromatic rings. The van der Waals surface area contributed by atoms with Crippen molar-refractivity contribution in [2.45, 2.75) is 25.3 Å². The van der Waals surface area contributed by atoms with E-state index in [2.05, 4.69) is 15.1 Å². The fourth-order valence-electron chi connectivity index (χ4n) is 3.85. The third-order valence-corrected chi connectivity index (χ3v) is 5.39. The number of H-pyrrole nitrogens is 1. The number of phenolic OH excluding ortho intramolecular Hbond substituents is 1. The summed E-state index contributed by atoms with van der Waals surface area (Å²) in [5.41, 5.74) is 3.66. The van der Waals surface area contributed by atoms with E-state index in [1.54, 1.807) is 30.5 Å². The number of hydrogen-bond donors (Lipinski definition) is 2. The van der Waals surface area contributed by atoms with Gasteiger partial charge in [0.05, 0.1) is 6.20 Å². The topological polar surface area (TPSA) is 52.1 Å². The number of nitrogens with one attached hydrogen (secondary N) is 1. The smallest absolute Gasteiger partial charge is 0.123 e. The van der Waals surface area contributed by atoms with Gasteiger partial charge < -0.3 is 5.11 Å². The lowest BCUT2D eigenvalue weighted by Crippen LogP contribution is -2.34. The van der Waals surface area contributed by atoms with E-state index < -0.39 is 0 Å². The second-order valence-corrected chi connectivity index (χ2v) is 7.49. The SMILES string of the molecule is Oc1ccc(Cl)cc1CN1CCC[C@H](c2[nH]ncc2-c2cccc(F)c2)C1. The third kappa shape index (κ3) is 3.99. The summed E-state index contributed by atoms with van der Waals surface area (Å²) in [5.74, 6) is 0.297. The average Bonchev–Trinajstić information content (AvgIpc) is 3.15. The van der Waals surface area contributed by atoms with Gasteiger partial charge in [0, 0.05) is 40.9 Å². The van der Waals surface area contributed by atoms with Crippen LogP contribution in [-0.2, 0) is 6.54 Å². The monoisotopic (exact) mass is 385 g/mol. The van der Waals surface area contributed by atoms with E-state index in [1.165, 1.54) is 6.07 Å². The zero-order valence-corrected chi connectivity index (χ0v) is 15.6. The van der Waals surface area contributed by atoms with Crippen molar-refractivity contribution in [3.8, 4) is 16.9 Å². The Kier molecular flexibility index (Phi) is 5.14. The predicted molar refractivity (Wildman–Crippen MR) is 104 cm³/mol. The number of nitrogens with zero attached hydrogens (tertiary/aromatic N) is 2. The fourth-order valence-corrected chi connectivity index (χ4v) is 4.04. The molecule has 6 heteroatoms. The van der Waals surface area contributed by atoms with Crippen molar-refractivity contribution < 1.29 is 9.50 Å². The maximum absolute atomic E-state index is 13.6. The van der Waals surface area contributed by atoms with E-state index in [1.807, 2.05) is 12.1 Å². The van der Waals surface area contributed by atoms with Gasteiger partial charge in [-0.3, -0.25) is 10.00 Å². The van der Waals surface area contributed by atoms with Gasteiger partial charge in [-0.05, 0) is 55.3 Å². The van der Waals surface area contributed by atoms with Crippen LogP contribution in [-0.4, -0.2) is 33.3 Å². The molecule has 1 aliphatic heterocycles. The number of rotatable bonds is 4. The summed E-state index contributed by atoms with van der Waals surface area (Å²) in [6, 6.07) is 11.8. The molecule has 2 heterocycles. The van der Waals surface area contributed by atoms with Crippen molar-refractivity contribution in [3.63, 3.8) is 0 Å². The molecule has 2 N–H and O–H groups in total. The van der Waals surface area contributed by atoms with Crippen LogP contribution in [0.4, 0.5) is 4.39 Å². The Morgan fingerprint density at radius 1 is 1.26 bits per heavy atom. The quantitative estimate of drug-likeness (QED) is 0.667. The molecule has 1 saturated heterocycles. The normalized spacial score (nSPS) is 17.9. The summed E-state index contributed by atoms with van der Waals surface area (Å²) in [5, 5.41) is 18.1. The Morgan fingerprint density at radius 2 is 2.15 bits per heavy atom. The maximum atomic E-state index is 13.6. The Labute approximate surface area is 162 Å². The Balaban J connectivity index is 1.54. The van der Waals surface area contributed by atoms with Gasteiger partial charge in [0.25, 0.3) is 0 Å². The van der Waals surface area contributed by atoms with Crippen LogP contribution >= 0.6 is 11.6 Å². The second kappa shape index (κ2) is 7.71. The van der Waals surface area contributed by atoms with E-state index in [0.717, 1.165) is 48.3 Å². The lowest BCUT2D eigenvalue weighted by atomic mass is 9.90. The van der Waals surface area contributed by atoms with Crippen molar-refractivity contribution in [1.82, 2.24) is 15.1 Å². The molecule has 140 valence electrons. The zero-order valence-electron chi connectivity index (χ0n) is 14.8. The van der Waals surface area contributed by atoms with Gasteiger partial charge in [-0.25, -0.2) is 4.39 Å². The highest BCUT2D eigenvalue weighted by Crippen LogP contribution is 2.34. The van der Waals surface area contributed by atoms with Crippen LogP contribution in [0.25, 0.3) is 11.1 Å². The molecular weight excluding hydrogens is 365 g/mol. The number of halogens is 2. The first kappa shape index (κ1) is 18.0. The lowest BCUT2D eigenvalue weighted by Gasteiger charge is -2.33. The van der Waals surface area contributed by atoms with Crippen molar-refractivity contribution in [3.05, 3.63) is 70.8 Å². The largest absolute Gasteiger partial charge is 0.508 e. The first-order valence-electron chi connectivity index (χ1n) is 9.09. The number of piperidine rings is 1. The summed E-state index contributed by atoms with van der Waals surface area (Å²) >= 11 is 6.07. The lowest BCUT2D eigenvalue weighted by molar-refractivity contribution is 0.197. The summed E-state index contributed by atoms with van der Waals surface area (Å²) in [6.45, 7) is 2.45. The fraction of sp³-hybridized carbons (Fsp3) is 0.286. The molecule has 2 aromatic carbocycles. The number of hydrogen-bond acceptors (Lipinski definition) is 3. The summed E-state index contributed by atoms with van der Waals surface area (Å²) in [7, 11) is 0. The second-order valence-electron chi connectivity index (χ2n) is 7.06. The van der Waals surface area contributed by atoms with Crippen LogP contribution in [0.1, 0.15) is 30.0 Å². The van der Waals surface area contributed by atoms with Crippen molar-refractivity contribution in [1.29, 1.82) is 0 Å². The van der Waals surface area contributed by atoms with Gasteiger partial charge >= 0.3 is 0 Å². The molecule has 1 fully saturated rings. The molecule has 1 aromatic heterocycles. The molecule has 1 aliphatic rings. The van der Waals surface area contributed by atoms with Gasteiger partial charge in [0.15, 0.2) is 0 Å². The van der Waals surface area contributed by atoms with E-state index >= 15 is 0 Å². The molecule has 4 nitrogen and oxygen atoms in total. The van der Waals surface area contributed by atoms with Crippen LogP contribution in [0.5, 0.6) is 5.75 Å². The van der Waals surface area contributed by atoms with E-state index in [4.69, 9.17) is 11.6 Å². The molecule has 0 radical (unpaired) electrons. The Bertz CT molecular complexity index is 943. The Hall–Kier alpha value is -2.37. The minimum atomic E-state index is -0.249. The van der Waals surface area contributed by atoms with Gasteiger partial charge in [0.2, 0.25) is 0 Å². The number of aromatic amines is 1. The van der Waals surface area contributed by atoms with Crippen molar-refractivity contribution in [2.24, 2.45) is 0 Å². The van der Waals surface area contributed by atoms with Gasteiger partial charge in [-0.15, -0.1) is 0 Å². The third-order valence-electron chi connectivity index (χ3n) is 5.15. The van der Waals surface area contributed by atoms with E-state index in [0.29, 0.717) is 11.6 Å². The predicted octanol–water partition coefficient (Wildman–Crippen LogP) is 4.95. The van der Waals surface area contributed by atoms with Crippen LogP contribution in [0, 0.1) is 5.82 Å². The van der Waals surface area contributed by atoms with Crippen LogP contribution in [0.3, 0.4) is 0 Å². The molecule has 0 amide bonds. The maximum Gasteiger partial charge on any atom is 0.123 e. The van der Waals surface area contributed by atoms with Crippen molar-refractivity contribution in [2.75, 3.05) is 13.1 Å². The number of phenols is 1. The molecule has 0 unspecified atom stereocenters. The molecule has 27 heavy (non-hydrogen) atoms. The number of aromatic nitrogens is 2. The first-order valence-corrected chi connectivity index (χ1v) is 9.47. The number of likely N-dealkylation sites (tertiary alicyclic amines) is 1. The highest BCUT2D eigenvalue weighted by molar-refractivity contribution is 6.30. The zero-order chi connectivity index (χ0) is 18.8. The standard InChI is InChI=1S/C21H21ClFN3O/c22-17-6-7-20(27)16(9-17)13-26-8-2-4-15(12-26)21-19(11-24-25-21)14-3-1-5-18(23)10-14/h1,3,5-7,9-11,15,27H,2,4,8,12-13H2,(H,24,25)/t15-/m0/s1. The molecule has 0 bridgehead atoms.